The number of nitrogens with two attached hydrogens (primary N) is 1. The molecule has 3 heteroatoms. The second-order valence-corrected chi connectivity index (χ2v) is 5.66. The average molecular weight is 261 g/mol. The third-order valence-electron chi connectivity index (χ3n) is 4.40. The first kappa shape index (κ1) is 12.7. The van der Waals surface area contributed by atoms with Crippen LogP contribution in [0.4, 0.5) is 4.39 Å². The maximum Gasteiger partial charge on any atom is 0.134 e. The van der Waals surface area contributed by atoms with Gasteiger partial charge in [-0.05, 0) is 43.9 Å². The lowest BCUT2D eigenvalue weighted by molar-refractivity contribution is 0.283. The van der Waals surface area contributed by atoms with Crippen LogP contribution >= 0.6 is 0 Å². The fraction of sp³-hybridized carbons (Fsp3) is 0.500. The zero-order valence-corrected chi connectivity index (χ0v) is 11.3. The van der Waals surface area contributed by atoms with Crippen LogP contribution in [0.1, 0.15) is 49.5 Å². The Labute approximate surface area is 112 Å². The summed E-state index contributed by atoms with van der Waals surface area (Å²) in [6.45, 7) is 1.98. The van der Waals surface area contributed by atoms with E-state index >= 15 is 0 Å². The summed E-state index contributed by atoms with van der Waals surface area (Å²) in [6, 6.07) is 4.59. The lowest BCUT2D eigenvalue weighted by Gasteiger charge is -2.26. The van der Waals surface area contributed by atoms with Crippen LogP contribution in [0, 0.1) is 18.7 Å². The fourth-order valence-corrected chi connectivity index (χ4v) is 3.24. The van der Waals surface area contributed by atoms with Crippen LogP contribution in [0.5, 0.6) is 0 Å². The van der Waals surface area contributed by atoms with E-state index in [-0.39, 0.29) is 11.9 Å². The molecular formula is C16H20FNO. The van der Waals surface area contributed by atoms with Crippen molar-refractivity contribution >= 4 is 11.0 Å². The Morgan fingerprint density at radius 1 is 1.26 bits per heavy atom. The topological polar surface area (TPSA) is 39.2 Å². The standard InChI is InChI=1S/C16H20FNO/c1-10-13-9-12(17)7-8-14(13)19-16(10)15(18)11-5-3-2-4-6-11/h7-9,11,15H,2-6,18H2,1H3. The molecule has 2 nitrogen and oxygen atoms in total. The van der Waals surface area contributed by atoms with Crippen molar-refractivity contribution in [2.45, 2.75) is 45.1 Å². The highest BCUT2D eigenvalue weighted by Crippen LogP contribution is 2.37. The maximum absolute atomic E-state index is 13.3. The summed E-state index contributed by atoms with van der Waals surface area (Å²) >= 11 is 0. The van der Waals surface area contributed by atoms with Crippen LogP contribution < -0.4 is 5.73 Å². The number of halogens is 1. The van der Waals surface area contributed by atoms with Crippen molar-refractivity contribution < 1.29 is 8.81 Å². The van der Waals surface area contributed by atoms with Crippen LogP contribution in [-0.2, 0) is 0 Å². The molecule has 0 amide bonds. The van der Waals surface area contributed by atoms with Gasteiger partial charge < -0.3 is 10.2 Å². The van der Waals surface area contributed by atoms with Gasteiger partial charge >= 0.3 is 0 Å². The van der Waals surface area contributed by atoms with Crippen LogP contribution in [-0.4, -0.2) is 0 Å². The minimum Gasteiger partial charge on any atom is -0.459 e. The Kier molecular flexibility index (Phi) is 3.31. The van der Waals surface area contributed by atoms with E-state index in [0.29, 0.717) is 5.92 Å². The van der Waals surface area contributed by atoms with Gasteiger partial charge in [-0.25, -0.2) is 4.39 Å². The molecule has 3 rings (SSSR count). The molecule has 2 N–H and O–H groups in total. The Morgan fingerprint density at radius 2 is 2.00 bits per heavy atom. The summed E-state index contributed by atoms with van der Waals surface area (Å²) < 4.78 is 19.2. The summed E-state index contributed by atoms with van der Waals surface area (Å²) in [6.07, 6.45) is 6.17. The third-order valence-corrected chi connectivity index (χ3v) is 4.40. The molecule has 0 bridgehead atoms. The number of hydrogen-bond donors (Lipinski definition) is 1. The number of aryl methyl sites for hydroxylation is 1. The van der Waals surface area contributed by atoms with Crippen molar-refractivity contribution in [2.24, 2.45) is 11.7 Å². The number of hydrogen-bond acceptors (Lipinski definition) is 2. The lowest BCUT2D eigenvalue weighted by atomic mass is 9.82. The number of furan rings is 1. The van der Waals surface area contributed by atoms with E-state index in [9.17, 15) is 4.39 Å². The molecule has 19 heavy (non-hydrogen) atoms. The molecular weight excluding hydrogens is 241 g/mol. The highest BCUT2D eigenvalue weighted by atomic mass is 19.1. The van der Waals surface area contributed by atoms with E-state index in [0.717, 1.165) is 22.3 Å². The minimum absolute atomic E-state index is 0.0595. The fourth-order valence-electron chi connectivity index (χ4n) is 3.24. The first-order valence-corrected chi connectivity index (χ1v) is 7.11. The van der Waals surface area contributed by atoms with E-state index in [4.69, 9.17) is 10.2 Å². The maximum atomic E-state index is 13.3. The molecule has 1 unspecified atom stereocenters. The van der Waals surface area contributed by atoms with Crippen molar-refractivity contribution in [3.8, 4) is 0 Å². The van der Waals surface area contributed by atoms with Crippen LogP contribution in [0.2, 0.25) is 0 Å². The Bertz CT molecular complexity index is 584. The molecule has 0 radical (unpaired) electrons. The number of rotatable bonds is 2. The summed E-state index contributed by atoms with van der Waals surface area (Å²) in [5, 5.41) is 0.848. The van der Waals surface area contributed by atoms with Crippen molar-refractivity contribution in [2.75, 3.05) is 0 Å². The van der Waals surface area contributed by atoms with Gasteiger partial charge in [0.1, 0.15) is 17.2 Å². The summed E-state index contributed by atoms with van der Waals surface area (Å²) in [5.41, 5.74) is 8.11. The molecule has 2 aromatic rings. The second-order valence-electron chi connectivity index (χ2n) is 5.66. The van der Waals surface area contributed by atoms with Gasteiger partial charge in [0.25, 0.3) is 0 Å². The van der Waals surface area contributed by atoms with E-state index in [1.54, 1.807) is 6.07 Å². The molecule has 1 aromatic heterocycles. The largest absolute Gasteiger partial charge is 0.459 e. The van der Waals surface area contributed by atoms with Crippen LogP contribution in [0.15, 0.2) is 22.6 Å². The van der Waals surface area contributed by atoms with E-state index in [1.807, 2.05) is 6.92 Å². The smallest absolute Gasteiger partial charge is 0.134 e. The molecule has 1 saturated carbocycles. The molecule has 1 aliphatic rings. The normalized spacial score (nSPS) is 18.9. The first-order chi connectivity index (χ1) is 9.16. The van der Waals surface area contributed by atoms with Gasteiger partial charge in [0.05, 0.1) is 6.04 Å². The van der Waals surface area contributed by atoms with Gasteiger partial charge in [0, 0.05) is 10.9 Å². The summed E-state index contributed by atoms with van der Waals surface area (Å²) in [7, 11) is 0. The molecule has 1 atom stereocenters. The van der Waals surface area contributed by atoms with Crippen molar-refractivity contribution in [1.29, 1.82) is 0 Å². The Balaban J connectivity index is 1.97. The van der Waals surface area contributed by atoms with Gasteiger partial charge in [0.15, 0.2) is 0 Å². The highest BCUT2D eigenvalue weighted by molar-refractivity contribution is 5.82. The predicted octanol–water partition coefficient (Wildman–Crippen LogP) is 4.46. The van der Waals surface area contributed by atoms with E-state index in [1.165, 1.54) is 44.2 Å². The van der Waals surface area contributed by atoms with Crippen molar-refractivity contribution in [3.63, 3.8) is 0 Å². The molecule has 1 heterocycles. The Hall–Kier alpha value is -1.35. The van der Waals surface area contributed by atoms with Gasteiger partial charge in [0.2, 0.25) is 0 Å². The zero-order chi connectivity index (χ0) is 13.4. The molecule has 1 aromatic carbocycles. The van der Waals surface area contributed by atoms with Gasteiger partial charge in [-0.2, -0.15) is 0 Å². The molecule has 1 fully saturated rings. The SMILES string of the molecule is Cc1c(C(N)C2CCCCC2)oc2ccc(F)cc12. The van der Waals surface area contributed by atoms with Gasteiger partial charge in [-0.3, -0.25) is 0 Å². The van der Waals surface area contributed by atoms with Crippen LogP contribution in [0.3, 0.4) is 0 Å². The molecule has 0 spiro atoms. The molecule has 1 aliphatic carbocycles. The molecule has 102 valence electrons. The lowest BCUT2D eigenvalue weighted by Crippen LogP contribution is -2.23. The van der Waals surface area contributed by atoms with Crippen molar-refractivity contribution in [1.82, 2.24) is 0 Å². The van der Waals surface area contributed by atoms with E-state index in [2.05, 4.69) is 0 Å². The first-order valence-electron chi connectivity index (χ1n) is 7.11. The monoisotopic (exact) mass is 261 g/mol. The average Bonchev–Trinajstić information content (AvgIpc) is 2.76. The number of benzene rings is 1. The molecule has 0 saturated heterocycles. The zero-order valence-electron chi connectivity index (χ0n) is 11.3. The number of fused-ring (bicyclic) bond motifs is 1. The summed E-state index contributed by atoms with van der Waals surface area (Å²) in [5.74, 6) is 1.11. The van der Waals surface area contributed by atoms with E-state index < -0.39 is 0 Å². The van der Waals surface area contributed by atoms with Gasteiger partial charge in [-0.1, -0.05) is 19.3 Å². The third kappa shape index (κ3) is 2.27. The minimum atomic E-state index is -0.228. The summed E-state index contributed by atoms with van der Waals surface area (Å²) in [4.78, 5) is 0. The van der Waals surface area contributed by atoms with Gasteiger partial charge in [-0.15, -0.1) is 0 Å². The quantitative estimate of drug-likeness (QED) is 0.866. The highest BCUT2D eigenvalue weighted by Gasteiger charge is 2.26. The Morgan fingerprint density at radius 3 is 2.74 bits per heavy atom. The second kappa shape index (κ2) is 4.97. The van der Waals surface area contributed by atoms with Crippen LogP contribution in [0.25, 0.3) is 11.0 Å². The predicted molar refractivity (Wildman–Crippen MR) is 74.4 cm³/mol. The molecule has 0 aliphatic heterocycles. The van der Waals surface area contributed by atoms with Crippen molar-refractivity contribution in [3.05, 3.63) is 35.3 Å².